The zero-order chi connectivity index (χ0) is 15.6. The fourth-order valence-electron chi connectivity index (χ4n) is 3.08. The smallest absolute Gasteiger partial charge is 0.274 e. The summed E-state index contributed by atoms with van der Waals surface area (Å²) in [6.07, 6.45) is 7.08. The Morgan fingerprint density at radius 2 is 2.17 bits per heavy atom. The highest BCUT2D eigenvalue weighted by atomic mass is 16.3. The van der Waals surface area contributed by atoms with Crippen LogP contribution in [0.25, 0.3) is 11.5 Å². The SMILES string of the molecule is O=C(c1cc(-c2ccco2)[nH]n1)N1CCCC1c1ccncc1. The van der Waals surface area contributed by atoms with E-state index in [1.807, 2.05) is 23.1 Å². The number of aromatic amines is 1. The monoisotopic (exact) mass is 308 g/mol. The van der Waals surface area contributed by atoms with Crippen LogP contribution < -0.4 is 0 Å². The lowest BCUT2D eigenvalue weighted by atomic mass is 10.1. The van der Waals surface area contributed by atoms with Crippen molar-refractivity contribution in [1.82, 2.24) is 20.1 Å². The summed E-state index contributed by atoms with van der Waals surface area (Å²) in [4.78, 5) is 18.7. The average Bonchev–Trinajstić information content (AvgIpc) is 3.35. The number of hydrogen-bond donors (Lipinski definition) is 1. The van der Waals surface area contributed by atoms with Gasteiger partial charge in [-0.15, -0.1) is 0 Å². The Morgan fingerprint density at radius 3 is 2.96 bits per heavy atom. The maximum absolute atomic E-state index is 12.8. The number of nitrogens with one attached hydrogen (secondary N) is 1. The fraction of sp³-hybridized carbons (Fsp3) is 0.235. The van der Waals surface area contributed by atoms with E-state index in [0.29, 0.717) is 17.1 Å². The van der Waals surface area contributed by atoms with Crippen molar-refractivity contribution in [1.29, 1.82) is 0 Å². The minimum atomic E-state index is -0.0571. The topological polar surface area (TPSA) is 75.0 Å². The molecule has 0 spiro atoms. The second-order valence-corrected chi connectivity index (χ2v) is 5.58. The number of hydrogen-bond acceptors (Lipinski definition) is 4. The minimum absolute atomic E-state index is 0.0571. The van der Waals surface area contributed by atoms with Crippen LogP contribution in [0.5, 0.6) is 0 Å². The van der Waals surface area contributed by atoms with E-state index in [-0.39, 0.29) is 11.9 Å². The van der Waals surface area contributed by atoms with Crippen LogP contribution in [-0.2, 0) is 0 Å². The standard InChI is InChI=1S/C17H16N4O2/c22-17(14-11-13(19-20-14)16-4-2-10-23-16)21-9-1-3-15(21)12-5-7-18-8-6-12/h2,4-8,10-11,15H,1,3,9H2,(H,19,20). The molecule has 4 heterocycles. The molecule has 0 bridgehead atoms. The van der Waals surface area contributed by atoms with Gasteiger partial charge in [-0.25, -0.2) is 0 Å². The normalized spacial score (nSPS) is 17.6. The lowest BCUT2D eigenvalue weighted by Crippen LogP contribution is -2.30. The minimum Gasteiger partial charge on any atom is -0.463 e. The molecule has 1 aliphatic rings. The third-order valence-electron chi connectivity index (χ3n) is 4.19. The van der Waals surface area contributed by atoms with E-state index < -0.39 is 0 Å². The summed E-state index contributed by atoms with van der Waals surface area (Å²) in [5.74, 6) is 0.613. The summed E-state index contributed by atoms with van der Waals surface area (Å²) >= 11 is 0. The number of H-pyrrole nitrogens is 1. The molecule has 1 atom stereocenters. The fourth-order valence-corrected chi connectivity index (χ4v) is 3.08. The molecule has 1 aliphatic heterocycles. The molecule has 1 N–H and O–H groups in total. The summed E-state index contributed by atoms with van der Waals surface area (Å²) in [5.41, 5.74) is 2.24. The summed E-state index contributed by atoms with van der Waals surface area (Å²) in [5, 5.41) is 7.02. The predicted molar refractivity (Wildman–Crippen MR) is 83.5 cm³/mol. The Bertz CT molecular complexity index is 795. The lowest BCUT2D eigenvalue weighted by molar-refractivity contribution is 0.0729. The Labute approximate surface area is 133 Å². The van der Waals surface area contributed by atoms with Crippen molar-refractivity contribution in [2.24, 2.45) is 0 Å². The van der Waals surface area contributed by atoms with Gasteiger partial charge in [0, 0.05) is 25.0 Å². The van der Waals surface area contributed by atoms with Gasteiger partial charge in [0.25, 0.3) is 5.91 Å². The molecule has 6 nitrogen and oxygen atoms in total. The van der Waals surface area contributed by atoms with Gasteiger partial charge in [0.05, 0.1) is 12.3 Å². The van der Waals surface area contributed by atoms with Gasteiger partial charge in [0.15, 0.2) is 11.5 Å². The quantitative estimate of drug-likeness (QED) is 0.807. The van der Waals surface area contributed by atoms with Crippen LogP contribution in [0.15, 0.2) is 53.4 Å². The number of aromatic nitrogens is 3. The number of likely N-dealkylation sites (tertiary alicyclic amines) is 1. The first-order valence-corrected chi connectivity index (χ1v) is 7.63. The number of carbonyl (C=O) groups is 1. The van der Waals surface area contributed by atoms with E-state index in [0.717, 1.165) is 24.9 Å². The molecule has 0 aliphatic carbocycles. The van der Waals surface area contributed by atoms with E-state index in [1.54, 1.807) is 30.8 Å². The lowest BCUT2D eigenvalue weighted by Gasteiger charge is -2.24. The maximum Gasteiger partial charge on any atom is 0.274 e. The zero-order valence-electron chi connectivity index (χ0n) is 12.5. The third-order valence-corrected chi connectivity index (χ3v) is 4.19. The van der Waals surface area contributed by atoms with Crippen molar-refractivity contribution in [2.45, 2.75) is 18.9 Å². The van der Waals surface area contributed by atoms with Crippen molar-refractivity contribution in [3.63, 3.8) is 0 Å². The molecule has 23 heavy (non-hydrogen) atoms. The van der Waals surface area contributed by atoms with Crippen molar-refractivity contribution in [3.05, 3.63) is 60.2 Å². The Morgan fingerprint density at radius 1 is 1.30 bits per heavy atom. The molecule has 1 unspecified atom stereocenters. The molecule has 3 aromatic heterocycles. The number of rotatable bonds is 3. The van der Waals surface area contributed by atoms with Gasteiger partial charge in [-0.05, 0) is 42.7 Å². The first kappa shape index (κ1) is 13.8. The van der Waals surface area contributed by atoms with Crippen LogP contribution in [0.1, 0.15) is 34.9 Å². The van der Waals surface area contributed by atoms with Crippen LogP contribution in [-0.4, -0.2) is 32.5 Å². The van der Waals surface area contributed by atoms with Crippen molar-refractivity contribution in [2.75, 3.05) is 6.54 Å². The Balaban J connectivity index is 1.59. The van der Waals surface area contributed by atoms with Gasteiger partial charge in [0.2, 0.25) is 0 Å². The van der Waals surface area contributed by atoms with Crippen LogP contribution >= 0.6 is 0 Å². The molecular weight excluding hydrogens is 292 g/mol. The molecule has 3 aromatic rings. The molecule has 4 rings (SSSR count). The third kappa shape index (κ3) is 2.52. The van der Waals surface area contributed by atoms with E-state index in [9.17, 15) is 4.79 Å². The Hall–Kier alpha value is -2.89. The number of amides is 1. The molecule has 6 heteroatoms. The maximum atomic E-state index is 12.8. The van der Waals surface area contributed by atoms with Gasteiger partial charge >= 0.3 is 0 Å². The summed E-state index contributed by atoms with van der Waals surface area (Å²) in [7, 11) is 0. The van der Waals surface area contributed by atoms with E-state index >= 15 is 0 Å². The molecule has 0 saturated carbocycles. The van der Waals surface area contributed by atoms with Crippen molar-refractivity contribution < 1.29 is 9.21 Å². The van der Waals surface area contributed by atoms with Crippen LogP contribution in [0.2, 0.25) is 0 Å². The van der Waals surface area contributed by atoms with Gasteiger partial charge < -0.3 is 9.32 Å². The number of carbonyl (C=O) groups excluding carboxylic acids is 1. The first-order chi connectivity index (χ1) is 11.3. The van der Waals surface area contributed by atoms with Gasteiger partial charge in [0.1, 0.15) is 5.69 Å². The van der Waals surface area contributed by atoms with Gasteiger partial charge in [-0.1, -0.05) is 0 Å². The predicted octanol–water partition coefficient (Wildman–Crippen LogP) is 3.04. The largest absolute Gasteiger partial charge is 0.463 e. The summed E-state index contributed by atoms with van der Waals surface area (Å²) in [6.45, 7) is 0.745. The number of nitrogens with zero attached hydrogens (tertiary/aromatic N) is 3. The Kier molecular flexibility index (Phi) is 3.42. The highest BCUT2D eigenvalue weighted by Gasteiger charge is 2.31. The second-order valence-electron chi connectivity index (χ2n) is 5.58. The van der Waals surface area contributed by atoms with Crippen LogP contribution in [0, 0.1) is 0 Å². The number of furan rings is 1. The molecule has 116 valence electrons. The van der Waals surface area contributed by atoms with Crippen LogP contribution in [0.3, 0.4) is 0 Å². The van der Waals surface area contributed by atoms with E-state index in [2.05, 4.69) is 15.2 Å². The average molecular weight is 308 g/mol. The van der Waals surface area contributed by atoms with E-state index in [4.69, 9.17) is 4.42 Å². The zero-order valence-corrected chi connectivity index (χ0v) is 12.5. The highest BCUT2D eigenvalue weighted by Crippen LogP contribution is 2.32. The first-order valence-electron chi connectivity index (χ1n) is 7.63. The number of pyridine rings is 1. The molecule has 1 saturated heterocycles. The summed E-state index contributed by atoms with van der Waals surface area (Å²) in [6, 6.07) is 9.40. The van der Waals surface area contributed by atoms with Crippen LogP contribution in [0.4, 0.5) is 0 Å². The molecule has 0 radical (unpaired) electrons. The molecule has 1 fully saturated rings. The highest BCUT2D eigenvalue weighted by molar-refractivity contribution is 5.93. The second kappa shape index (κ2) is 5.72. The molecule has 0 aromatic carbocycles. The van der Waals surface area contributed by atoms with E-state index in [1.165, 1.54) is 0 Å². The van der Waals surface area contributed by atoms with Gasteiger partial charge in [-0.2, -0.15) is 5.10 Å². The van der Waals surface area contributed by atoms with Crippen molar-refractivity contribution in [3.8, 4) is 11.5 Å². The van der Waals surface area contributed by atoms with Crippen molar-refractivity contribution >= 4 is 5.91 Å². The summed E-state index contributed by atoms with van der Waals surface area (Å²) < 4.78 is 5.33. The van der Waals surface area contributed by atoms with Gasteiger partial charge in [-0.3, -0.25) is 14.9 Å². The molecular formula is C17H16N4O2. The molecule has 1 amide bonds.